The summed E-state index contributed by atoms with van der Waals surface area (Å²) in [5.74, 6) is -4.14. The third kappa shape index (κ3) is 3.55. The summed E-state index contributed by atoms with van der Waals surface area (Å²) in [6, 6.07) is 2.40. The molecule has 114 valence electrons. The van der Waals surface area contributed by atoms with Crippen molar-refractivity contribution in [2.24, 2.45) is 5.92 Å². The van der Waals surface area contributed by atoms with E-state index in [2.05, 4.69) is 5.32 Å². The summed E-state index contributed by atoms with van der Waals surface area (Å²) < 4.78 is 30.7. The van der Waals surface area contributed by atoms with Crippen molar-refractivity contribution in [3.63, 3.8) is 0 Å². The van der Waals surface area contributed by atoms with Gasteiger partial charge in [0.2, 0.25) is 5.91 Å². The normalized spacial score (nSPS) is 21.7. The Kier molecular flexibility index (Phi) is 4.52. The van der Waals surface area contributed by atoms with Crippen molar-refractivity contribution in [1.29, 1.82) is 0 Å². The Labute approximate surface area is 119 Å². The van der Waals surface area contributed by atoms with Gasteiger partial charge in [-0.05, 0) is 30.0 Å². The third-order valence-corrected chi connectivity index (χ3v) is 3.45. The molecule has 0 aromatic heterocycles. The Bertz CT molecular complexity index is 564. The van der Waals surface area contributed by atoms with Gasteiger partial charge >= 0.3 is 5.97 Å². The highest BCUT2D eigenvalue weighted by Gasteiger charge is 2.45. The van der Waals surface area contributed by atoms with Crippen LogP contribution in [0.1, 0.15) is 17.9 Å². The Morgan fingerprint density at radius 2 is 2.14 bits per heavy atom. The maximum Gasteiger partial charge on any atom is 0.328 e. The number of nitrogens with one attached hydrogen (secondary N) is 1. The van der Waals surface area contributed by atoms with Gasteiger partial charge in [0, 0.05) is 13.0 Å². The largest absolute Gasteiger partial charge is 0.480 e. The number of carbonyl (C=O) groups is 2. The van der Waals surface area contributed by atoms with Gasteiger partial charge < -0.3 is 15.2 Å². The molecule has 5 nitrogen and oxygen atoms in total. The molecule has 1 aromatic carbocycles. The first-order valence-electron chi connectivity index (χ1n) is 6.41. The maximum atomic E-state index is 13.1. The van der Waals surface area contributed by atoms with Gasteiger partial charge in [-0.25, -0.2) is 13.6 Å². The fourth-order valence-electron chi connectivity index (χ4n) is 2.22. The first-order chi connectivity index (χ1) is 9.93. The zero-order valence-corrected chi connectivity index (χ0v) is 11.3. The van der Waals surface area contributed by atoms with Gasteiger partial charge in [0.25, 0.3) is 0 Å². The molecule has 0 radical (unpaired) electrons. The van der Waals surface area contributed by atoms with E-state index < -0.39 is 35.5 Å². The van der Waals surface area contributed by atoms with E-state index >= 15 is 0 Å². The molecule has 1 aromatic rings. The standard InChI is InChI=1S/C14H15F2NO4/c1-21-6-12(14(19)20)17-13(18)9-5-8(9)7-2-3-10(15)11(16)4-7/h2-4,8-9,12H,5-6H2,1H3,(H,17,18)(H,19,20). The van der Waals surface area contributed by atoms with Crippen molar-refractivity contribution < 1.29 is 28.2 Å². The van der Waals surface area contributed by atoms with Gasteiger partial charge in [0.05, 0.1) is 6.61 Å². The molecule has 2 rings (SSSR count). The first-order valence-corrected chi connectivity index (χ1v) is 6.41. The van der Waals surface area contributed by atoms with Crippen LogP contribution in [0.15, 0.2) is 18.2 Å². The van der Waals surface area contributed by atoms with Gasteiger partial charge in [-0.15, -0.1) is 0 Å². The van der Waals surface area contributed by atoms with Crippen molar-refractivity contribution in [3.05, 3.63) is 35.4 Å². The number of aliphatic carboxylic acids is 1. The molecule has 1 aliphatic carbocycles. The van der Waals surface area contributed by atoms with Crippen LogP contribution < -0.4 is 5.32 Å². The number of hydrogen-bond acceptors (Lipinski definition) is 3. The first kappa shape index (κ1) is 15.4. The molecular weight excluding hydrogens is 284 g/mol. The van der Waals surface area contributed by atoms with Crippen molar-refractivity contribution >= 4 is 11.9 Å². The number of carbonyl (C=O) groups excluding carboxylic acids is 1. The molecule has 2 N–H and O–H groups in total. The van der Waals surface area contributed by atoms with Crippen LogP contribution in [0.25, 0.3) is 0 Å². The molecule has 1 saturated carbocycles. The van der Waals surface area contributed by atoms with Crippen molar-refractivity contribution in [2.75, 3.05) is 13.7 Å². The van der Waals surface area contributed by atoms with Crippen LogP contribution in [0.3, 0.4) is 0 Å². The van der Waals surface area contributed by atoms with Crippen LogP contribution >= 0.6 is 0 Å². The minimum atomic E-state index is -1.18. The Hall–Kier alpha value is -2.02. The predicted molar refractivity (Wildman–Crippen MR) is 68.6 cm³/mol. The van der Waals surface area contributed by atoms with E-state index in [0.717, 1.165) is 12.1 Å². The number of amides is 1. The number of benzene rings is 1. The monoisotopic (exact) mass is 299 g/mol. The summed E-state index contributed by atoms with van der Waals surface area (Å²) in [6.07, 6.45) is 0.482. The Morgan fingerprint density at radius 3 is 2.71 bits per heavy atom. The van der Waals surface area contributed by atoms with E-state index in [0.29, 0.717) is 12.0 Å². The van der Waals surface area contributed by atoms with Gasteiger partial charge in [-0.2, -0.15) is 0 Å². The van der Waals surface area contributed by atoms with Crippen LogP contribution in [-0.2, 0) is 14.3 Å². The third-order valence-electron chi connectivity index (χ3n) is 3.45. The van der Waals surface area contributed by atoms with Crippen LogP contribution in [0.5, 0.6) is 0 Å². The lowest BCUT2D eigenvalue weighted by Gasteiger charge is -2.13. The van der Waals surface area contributed by atoms with E-state index in [1.165, 1.54) is 13.2 Å². The average molecular weight is 299 g/mol. The molecular formula is C14H15F2NO4. The van der Waals surface area contributed by atoms with E-state index in [-0.39, 0.29) is 12.5 Å². The van der Waals surface area contributed by atoms with Crippen LogP contribution in [0.4, 0.5) is 8.78 Å². The van der Waals surface area contributed by atoms with Crippen LogP contribution in [0.2, 0.25) is 0 Å². The molecule has 3 atom stereocenters. The highest BCUT2D eigenvalue weighted by Crippen LogP contribution is 2.47. The quantitative estimate of drug-likeness (QED) is 0.830. The zero-order chi connectivity index (χ0) is 15.6. The van der Waals surface area contributed by atoms with Gasteiger partial charge in [0.15, 0.2) is 17.7 Å². The fourth-order valence-corrected chi connectivity index (χ4v) is 2.22. The predicted octanol–water partition coefficient (Wildman–Crippen LogP) is 1.28. The summed E-state index contributed by atoms with van der Waals surface area (Å²) in [5.41, 5.74) is 0.535. The fraction of sp³-hybridized carbons (Fsp3) is 0.429. The summed E-state index contributed by atoms with van der Waals surface area (Å²) in [6.45, 7) is -0.135. The maximum absolute atomic E-state index is 13.1. The van der Waals surface area contributed by atoms with Crippen LogP contribution in [-0.4, -0.2) is 36.7 Å². The summed E-state index contributed by atoms with van der Waals surface area (Å²) in [5, 5.41) is 11.3. The minimum Gasteiger partial charge on any atom is -0.480 e. The highest BCUT2D eigenvalue weighted by molar-refractivity contribution is 5.87. The second-order valence-electron chi connectivity index (χ2n) is 4.98. The van der Waals surface area contributed by atoms with E-state index in [1.54, 1.807) is 0 Å². The zero-order valence-electron chi connectivity index (χ0n) is 11.3. The van der Waals surface area contributed by atoms with Crippen molar-refractivity contribution in [1.82, 2.24) is 5.32 Å². The summed E-state index contributed by atoms with van der Waals surface area (Å²) >= 11 is 0. The van der Waals surface area contributed by atoms with Crippen LogP contribution in [0, 0.1) is 17.6 Å². The topological polar surface area (TPSA) is 75.6 Å². The van der Waals surface area contributed by atoms with Gasteiger partial charge in [-0.1, -0.05) is 6.07 Å². The molecule has 0 spiro atoms. The number of ether oxygens (including phenoxy) is 1. The van der Waals surface area contributed by atoms with E-state index in [1.807, 2.05) is 0 Å². The molecule has 21 heavy (non-hydrogen) atoms. The molecule has 7 heteroatoms. The average Bonchev–Trinajstić information content (AvgIpc) is 3.21. The van der Waals surface area contributed by atoms with Gasteiger partial charge in [0.1, 0.15) is 0 Å². The number of halogens is 2. The Morgan fingerprint density at radius 1 is 1.43 bits per heavy atom. The highest BCUT2D eigenvalue weighted by atomic mass is 19.2. The number of hydrogen-bond donors (Lipinski definition) is 2. The van der Waals surface area contributed by atoms with Crippen molar-refractivity contribution in [2.45, 2.75) is 18.4 Å². The van der Waals surface area contributed by atoms with Crippen molar-refractivity contribution in [3.8, 4) is 0 Å². The minimum absolute atomic E-state index is 0.135. The van der Waals surface area contributed by atoms with Gasteiger partial charge in [-0.3, -0.25) is 4.79 Å². The molecule has 0 aliphatic heterocycles. The molecule has 1 fully saturated rings. The molecule has 3 unspecified atom stereocenters. The number of methoxy groups -OCH3 is 1. The summed E-state index contributed by atoms with van der Waals surface area (Å²) in [7, 11) is 1.34. The Balaban J connectivity index is 1.97. The molecule has 1 aliphatic rings. The second-order valence-corrected chi connectivity index (χ2v) is 4.98. The number of rotatable bonds is 6. The lowest BCUT2D eigenvalue weighted by atomic mass is 10.1. The van der Waals surface area contributed by atoms with E-state index in [9.17, 15) is 18.4 Å². The summed E-state index contributed by atoms with van der Waals surface area (Å²) in [4.78, 5) is 22.8. The SMILES string of the molecule is COCC(NC(=O)C1CC1c1ccc(F)c(F)c1)C(=O)O. The lowest BCUT2D eigenvalue weighted by molar-refractivity contribution is -0.143. The molecule has 0 bridgehead atoms. The number of carboxylic acids is 1. The number of carboxylic acid groups (broad SMARTS) is 1. The smallest absolute Gasteiger partial charge is 0.328 e. The molecule has 1 amide bonds. The molecule has 0 saturated heterocycles. The lowest BCUT2D eigenvalue weighted by Crippen LogP contribution is -2.44. The second kappa shape index (κ2) is 6.17. The van der Waals surface area contributed by atoms with E-state index in [4.69, 9.17) is 9.84 Å². The molecule has 0 heterocycles.